The molecule has 0 bridgehead atoms. The number of hydrogen-bond acceptors (Lipinski definition) is 2. The van der Waals surface area contributed by atoms with Gasteiger partial charge in [-0.2, -0.15) is 0 Å². The fraction of sp³-hybridized carbons (Fsp3) is 0.0833. The van der Waals surface area contributed by atoms with Gasteiger partial charge >= 0.3 is 0 Å². The zero-order chi connectivity index (χ0) is 9.97. The Morgan fingerprint density at radius 1 is 1.07 bits per heavy atom. The average Bonchev–Trinajstić information content (AvgIpc) is 2.27. The van der Waals surface area contributed by atoms with Crippen LogP contribution in [0.5, 0.6) is 0 Å². The Balaban J connectivity index is 2.62. The lowest BCUT2D eigenvalue weighted by Crippen LogP contribution is -1.93. The Bertz CT molecular complexity index is 488. The summed E-state index contributed by atoms with van der Waals surface area (Å²) in [6.07, 6.45) is 0. The highest BCUT2D eigenvalue weighted by molar-refractivity contribution is 6.01. The molecule has 0 fully saturated rings. The van der Waals surface area contributed by atoms with Gasteiger partial charge in [0.2, 0.25) is 0 Å². The summed E-state index contributed by atoms with van der Waals surface area (Å²) in [6.45, 7) is 1.78. The third kappa shape index (κ3) is 1.46. The first-order valence-electron chi connectivity index (χ1n) is 4.49. The number of nitrogens with zero attached hydrogens (tertiary/aromatic N) is 1. The van der Waals surface area contributed by atoms with Crippen LogP contribution < -0.4 is 0 Å². The predicted molar refractivity (Wildman–Crippen MR) is 57.9 cm³/mol. The van der Waals surface area contributed by atoms with Crippen LogP contribution in [0.1, 0.15) is 12.5 Å². The molecule has 2 rings (SSSR count). The molecule has 1 N–H and O–H groups in total. The lowest BCUT2D eigenvalue weighted by atomic mass is 10.0. The summed E-state index contributed by atoms with van der Waals surface area (Å²) in [5, 5.41) is 14.2. The third-order valence-electron chi connectivity index (χ3n) is 2.32. The minimum absolute atomic E-state index is 0.635. The standard InChI is InChI=1S/C12H11NO/c1-9(13-14)11-7-6-10-4-2-3-5-12(10)8-11/h2-8,14H,1H3. The lowest BCUT2D eigenvalue weighted by molar-refractivity contribution is 0.319. The molecular weight excluding hydrogens is 174 g/mol. The summed E-state index contributed by atoms with van der Waals surface area (Å²) in [6, 6.07) is 14.1. The van der Waals surface area contributed by atoms with Crippen molar-refractivity contribution in [1.82, 2.24) is 0 Å². The Hall–Kier alpha value is -1.83. The monoisotopic (exact) mass is 185 g/mol. The summed E-state index contributed by atoms with van der Waals surface area (Å²) in [5.74, 6) is 0. The SMILES string of the molecule is CC(=NO)c1ccc2ccccc2c1. The van der Waals surface area contributed by atoms with Gasteiger partial charge in [-0.1, -0.05) is 41.6 Å². The minimum Gasteiger partial charge on any atom is -0.411 e. The molecule has 2 aromatic carbocycles. The zero-order valence-electron chi connectivity index (χ0n) is 7.94. The second kappa shape index (κ2) is 3.50. The van der Waals surface area contributed by atoms with E-state index in [9.17, 15) is 0 Å². The fourth-order valence-corrected chi connectivity index (χ4v) is 1.47. The fourth-order valence-electron chi connectivity index (χ4n) is 1.47. The summed E-state index contributed by atoms with van der Waals surface area (Å²) in [5.41, 5.74) is 1.59. The van der Waals surface area contributed by atoms with E-state index in [0.29, 0.717) is 5.71 Å². The molecule has 0 aliphatic rings. The highest BCUT2D eigenvalue weighted by Crippen LogP contribution is 2.15. The van der Waals surface area contributed by atoms with Gasteiger partial charge in [-0.15, -0.1) is 0 Å². The molecule has 0 atom stereocenters. The molecule has 0 unspecified atom stereocenters. The van der Waals surface area contributed by atoms with Crippen molar-refractivity contribution in [3.63, 3.8) is 0 Å². The van der Waals surface area contributed by atoms with Gasteiger partial charge in [0.05, 0.1) is 5.71 Å². The summed E-state index contributed by atoms with van der Waals surface area (Å²) in [4.78, 5) is 0. The van der Waals surface area contributed by atoms with Crippen LogP contribution in [0.4, 0.5) is 0 Å². The molecule has 0 amide bonds. The molecule has 0 aliphatic carbocycles. The summed E-state index contributed by atoms with van der Waals surface area (Å²) < 4.78 is 0. The van der Waals surface area contributed by atoms with E-state index in [1.54, 1.807) is 6.92 Å². The Morgan fingerprint density at radius 3 is 2.50 bits per heavy atom. The van der Waals surface area contributed by atoms with Gasteiger partial charge in [-0.3, -0.25) is 0 Å². The lowest BCUT2D eigenvalue weighted by Gasteiger charge is -2.01. The molecule has 0 heterocycles. The summed E-state index contributed by atoms with van der Waals surface area (Å²) in [7, 11) is 0. The zero-order valence-corrected chi connectivity index (χ0v) is 7.94. The van der Waals surface area contributed by atoms with Crippen molar-refractivity contribution in [2.45, 2.75) is 6.92 Å². The van der Waals surface area contributed by atoms with E-state index in [4.69, 9.17) is 5.21 Å². The van der Waals surface area contributed by atoms with Crippen LogP contribution in [0.3, 0.4) is 0 Å². The van der Waals surface area contributed by atoms with Gasteiger partial charge in [0, 0.05) is 0 Å². The van der Waals surface area contributed by atoms with Gasteiger partial charge in [0.15, 0.2) is 0 Å². The van der Waals surface area contributed by atoms with Crippen LogP contribution in [0.2, 0.25) is 0 Å². The second-order valence-electron chi connectivity index (χ2n) is 3.25. The topological polar surface area (TPSA) is 32.6 Å². The maximum Gasteiger partial charge on any atom is 0.0837 e. The molecular formula is C12H11NO. The maximum absolute atomic E-state index is 8.65. The molecule has 0 aromatic heterocycles. The summed E-state index contributed by atoms with van der Waals surface area (Å²) >= 11 is 0. The predicted octanol–water partition coefficient (Wildman–Crippen LogP) is 3.04. The first kappa shape index (κ1) is 8.75. The molecule has 14 heavy (non-hydrogen) atoms. The van der Waals surface area contributed by atoms with Crippen molar-refractivity contribution >= 4 is 16.5 Å². The Morgan fingerprint density at radius 2 is 1.79 bits per heavy atom. The number of benzene rings is 2. The minimum atomic E-state index is 0.635. The van der Waals surface area contributed by atoms with Gasteiger partial charge in [-0.05, 0) is 29.3 Å². The smallest absolute Gasteiger partial charge is 0.0837 e. The van der Waals surface area contributed by atoms with Crippen LogP contribution in [0, 0.1) is 0 Å². The van der Waals surface area contributed by atoms with E-state index in [1.807, 2.05) is 36.4 Å². The van der Waals surface area contributed by atoms with E-state index in [-0.39, 0.29) is 0 Å². The molecule has 0 saturated heterocycles. The molecule has 0 radical (unpaired) electrons. The van der Waals surface area contributed by atoms with E-state index < -0.39 is 0 Å². The maximum atomic E-state index is 8.65. The highest BCUT2D eigenvalue weighted by atomic mass is 16.4. The van der Waals surface area contributed by atoms with Crippen molar-refractivity contribution < 1.29 is 5.21 Å². The third-order valence-corrected chi connectivity index (χ3v) is 2.32. The van der Waals surface area contributed by atoms with Crippen molar-refractivity contribution in [3.8, 4) is 0 Å². The van der Waals surface area contributed by atoms with Gasteiger partial charge < -0.3 is 5.21 Å². The van der Waals surface area contributed by atoms with Crippen LogP contribution in [-0.4, -0.2) is 10.9 Å². The van der Waals surface area contributed by atoms with Crippen LogP contribution in [0.25, 0.3) is 10.8 Å². The largest absolute Gasteiger partial charge is 0.411 e. The molecule has 0 spiro atoms. The Labute approximate surface area is 82.5 Å². The molecule has 2 aromatic rings. The van der Waals surface area contributed by atoms with Crippen molar-refractivity contribution in [3.05, 3.63) is 48.0 Å². The molecule has 70 valence electrons. The molecule has 2 nitrogen and oxygen atoms in total. The van der Waals surface area contributed by atoms with E-state index in [0.717, 1.165) is 10.9 Å². The van der Waals surface area contributed by atoms with E-state index in [1.165, 1.54) is 5.39 Å². The Kier molecular flexibility index (Phi) is 2.19. The molecule has 2 heteroatoms. The first-order valence-corrected chi connectivity index (χ1v) is 4.49. The van der Waals surface area contributed by atoms with E-state index in [2.05, 4.69) is 11.2 Å². The number of hydrogen-bond donors (Lipinski definition) is 1. The second-order valence-corrected chi connectivity index (χ2v) is 3.25. The van der Waals surface area contributed by atoms with Gasteiger partial charge in [0.25, 0.3) is 0 Å². The number of oxime groups is 1. The average molecular weight is 185 g/mol. The van der Waals surface area contributed by atoms with Gasteiger partial charge in [-0.25, -0.2) is 0 Å². The van der Waals surface area contributed by atoms with Crippen LogP contribution in [-0.2, 0) is 0 Å². The van der Waals surface area contributed by atoms with Crippen molar-refractivity contribution in [2.75, 3.05) is 0 Å². The number of fused-ring (bicyclic) bond motifs is 1. The van der Waals surface area contributed by atoms with Crippen LogP contribution in [0.15, 0.2) is 47.6 Å². The van der Waals surface area contributed by atoms with Gasteiger partial charge in [0.1, 0.15) is 0 Å². The van der Waals surface area contributed by atoms with Crippen LogP contribution >= 0.6 is 0 Å². The van der Waals surface area contributed by atoms with Crippen molar-refractivity contribution in [2.24, 2.45) is 5.16 Å². The molecule has 0 saturated carbocycles. The first-order chi connectivity index (χ1) is 6.81. The molecule has 0 aliphatic heterocycles. The van der Waals surface area contributed by atoms with Crippen molar-refractivity contribution in [1.29, 1.82) is 0 Å². The quantitative estimate of drug-likeness (QED) is 0.413. The van der Waals surface area contributed by atoms with E-state index >= 15 is 0 Å². The normalized spacial score (nSPS) is 11.9. The number of rotatable bonds is 1. The highest BCUT2D eigenvalue weighted by Gasteiger charge is 1.98.